The third kappa shape index (κ3) is 3.64. The zero-order valence-electron chi connectivity index (χ0n) is 18.9. The van der Waals surface area contributed by atoms with Crippen LogP contribution in [0.15, 0.2) is 70.4 Å². The molecule has 5 aromatic rings. The van der Waals surface area contributed by atoms with Gasteiger partial charge in [0.1, 0.15) is 22.7 Å². The number of aromatic amines is 1. The molecule has 0 bridgehead atoms. The molecule has 0 unspecified atom stereocenters. The molecule has 0 amide bonds. The summed E-state index contributed by atoms with van der Waals surface area (Å²) in [7, 11) is 0. The van der Waals surface area contributed by atoms with Gasteiger partial charge in [0, 0.05) is 23.1 Å². The zero-order chi connectivity index (χ0) is 24.0. The fourth-order valence-electron chi connectivity index (χ4n) is 4.22. The SMILES string of the molecule is Cc1nc(N[C@@H](C)c2cc3cccc(Cl)c3c(=O)n2-c2ccccc2)c2c(=O)c(C)c[nH]c2n1. The maximum absolute atomic E-state index is 13.7. The summed E-state index contributed by atoms with van der Waals surface area (Å²) in [6, 6.07) is 16.4. The smallest absolute Gasteiger partial charge is 0.264 e. The van der Waals surface area contributed by atoms with E-state index >= 15 is 0 Å². The van der Waals surface area contributed by atoms with E-state index in [1.807, 2.05) is 55.5 Å². The fourth-order valence-corrected chi connectivity index (χ4v) is 4.48. The number of anilines is 1. The highest BCUT2D eigenvalue weighted by Crippen LogP contribution is 2.28. The van der Waals surface area contributed by atoms with E-state index in [0.717, 1.165) is 11.1 Å². The molecule has 0 aliphatic heterocycles. The summed E-state index contributed by atoms with van der Waals surface area (Å²) in [6.07, 6.45) is 1.64. The second kappa shape index (κ2) is 8.43. The molecule has 2 aromatic carbocycles. The van der Waals surface area contributed by atoms with Crippen LogP contribution in [0.2, 0.25) is 5.02 Å². The van der Waals surface area contributed by atoms with Crippen molar-refractivity contribution in [2.45, 2.75) is 26.8 Å². The van der Waals surface area contributed by atoms with Gasteiger partial charge >= 0.3 is 0 Å². The average molecular weight is 472 g/mol. The Labute approximate surface area is 200 Å². The highest BCUT2D eigenvalue weighted by atomic mass is 35.5. The van der Waals surface area contributed by atoms with Crippen LogP contribution in [0.3, 0.4) is 0 Å². The van der Waals surface area contributed by atoms with Gasteiger partial charge in [0.25, 0.3) is 5.56 Å². The van der Waals surface area contributed by atoms with Gasteiger partial charge in [0.2, 0.25) is 0 Å². The molecule has 0 spiro atoms. The van der Waals surface area contributed by atoms with E-state index in [1.54, 1.807) is 30.7 Å². The molecule has 8 heteroatoms. The maximum Gasteiger partial charge on any atom is 0.264 e. The number of nitrogens with zero attached hydrogens (tertiary/aromatic N) is 3. The Morgan fingerprint density at radius 2 is 1.76 bits per heavy atom. The number of nitrogens with one attached hydrogen (secondary N) is 2. The van der Waals surface area contributed by atoms with Crippen molar-refractivity contribution in [3.63, 3.8) is 0 Å². The van der Waals surface area contributed by atoms with Crippen molar-refractivity contribution in [3.05, 3.63) is 103 Å². The minimum Gasteiger partial charge on any atom is -0.361 e. The molecule has 3 aromatic heterocycles. The van der Waals surface area contributed by atoms with Gasteiger partial charge in [-0.15, -0.1) is 0 Å². The second-order valence-electron chi connectivity index (χ2n) is 8.26. The monoisotopic (exact) mass is 471 g/mol. The molecule has 1 atom stereocenters. The van der Waals surface area contributed by atoms with Crippen molar-refractivity contribution in [2.24, 2.45) is 0 Å². The minimum absolute atomic E-state index is 0.144. The molecule has 0 saturated carbocycles. The summed E-state index contributed by atoms with van der Waals surface area (Å²) in [5.74, 6) is 0.936. The van der Waals surface area contributed by atoms with E-state index < -0.39 is 0 Å². The third-order valence-electron chi connectivity index (χ3n) is 5.87. The maximum atomic E-state index is 13.7. The molecule has 0 saturated heterocycles. The van der Waals surface area contributed by atoms with Crippen molar-refractivity contribution in [2.75, 3.05) is 5.32 Å². The number of rotatable bonds is 4. The first kappa shape index (κ1) is 21.9. The molecule has 0 aliphatic rings. The first-order valence-corrected chi connectivity index (χ1v) is 11.3. The summed E-state index contributed by atoms with van der Waals surface area (Å²) in [5.41, 5.74) is 2.10. The second-order valence-corrected chi connectivity index (χ2v) is 8.67. The van der Waals surface area contributed by atoms with E-state index in [4.69, 9.17) is 11.6 Å². The lowest BCUT2D eigenvalue weighted by molar-refractivity contribution is 0.773. The first-order valence-electron chi connectivity index (χ1n) is 10.9. The van der Waals surface area contributed by atoms with Crippen LogP contribution in [-0.4, -0.2) is 19.5 Å². The van der Waals surface area contributed by atoms with Gasteiger partial charge in [-0.3, -0.25) is 14.2 Å². The van der Waals surface area contributed by atoms with E-state index in [2.05, 4.69) is 20.3 Å². The third-order valence-corrected chi connectivity index (χ3v) is 6.18. The van der Waals surface area contributed by atoms with Crippen LogP contribution in [0.5, 0.6) is 0 Å². The topological polar surface area (TPSA) is 92.7 Å². The highest BCUT2D eigenvalue weighted by molar-refractivity contribution is 6.35. The summed E-state index contributed by atoms with van der Waals surface area (Å²) in [5, 5.41) is 5.35. The molecule has 0 radical (unpaired) electrons. The van der Waals surface area contributed by atoms with Crippen molar-refractivity contribution in [1.29, 1.82) is 0 Å². The number of H-pyrrole nitrogens is 1. The zero-order valence-corrected chi connectivity index (χ0v) is 19.6. The molecule has 3 heterocycles. The van der Waals surface area contributed by atoms with Gasteiger partial charge in [-0.2, -0.15) is 0 Å². The standard InChI is InChI=1S/C26H22ClN5O2/c1-14-13-28-24-22(23(14)33)25(31-16(3)30-24)29-15(2)20-12-17-8-7-11-19(27)21(17)26(34)32(20)18-9-5-4-6-10-18/h4-13,15H,1-3H3,(H2,28,29,30,31,33)/t15-/m0/s1. The van der Waals surface area contributed by atoms with Gasteiger partial charge in [0.15, 0.2) is 5.43 Å². The van der Waals surface area contributed by atoms with Crippen molar-refractivity contribution in [3.8, 4) is 5.69 Å². The number of halogens is 1. The summed E-state index contributed by atoms with van der Waals surface area (Å²) in [4.78, 5) is 38.5. The fraction of sp³-hybridized carbons (Fsp3) is 0.154. The lowest BCUT2D eigenvalue weighted by atomic mass is 10.1. The number of aromatic nitrogens is 4. The predicted molar refractivity (Wildman–Crippen MR) is 136 cm³/mol. The van der Waals surface area contributed by atoms with Crippen LogP contribution in [0.25, 0.3) is 27.5 Å². The van der Waals surface area contributed by atoms with Gasteiger partial charge in [-0.05, 0) is 50.4 Å². The molecule has 170 valence electrons. The van der Waals surface area contributed by atoms with Gasteiger partial charge in [0.05, 0.1) is 16.5 Å². The van der Waals surface area contributed by atoms with Crippen LogP contribution in [0.1, 0.15) is 30.0 Å². The molecule has 0 aliphatic carbocycles. The van der Waals surface area contributed by atoms with Crippen LogP contribution in [-0.2, 0) is 0 Å². The largest absolute Gasteiger partial charge is 0.361 e. The normalized spacial score (nSPS) is 12.2. The van der Waals surface area contributed by atoms with Crippen LogP contribution in [0, 0.1) is 13.8 Å². The number of hydrogen-bond acceptors (Lipinski definition) is 5. The predicted octanol–water partition coefficient (Wildman–Crippen LogP) is 5.07. The van der Waals surface area contributed by atoms with Crippen molar-refractivity contribution in [1.82, 2.24) is 19.5 Å². The number of hydrogen-bond donors (Lipinski definition) is 2. The van der Waals surface area contributed by atoms with Gasteiger partial charge in [-0.25, -0.2) is 9.97 Å². The Kier molecular flexibility index (Phi) is 5.42. The molecule has 7 nitrogen and oxygen atoms in total. The van der Waals surface area contributed by atoms with Crippen LogP contribution < -0.4 is 16.3 Å². The molecule has 2 N–H and O–H groups in total. The summed E-state index contributed by atoms with van der Waals surface area (Å²) < 4.78 is 1.65. The minimum atomic E-state index is -0.381. The number of fused-ring (bicyclic) bond motifs is 2. The van der Waals surface area contributed by atoms with Gasteiger partial charge in [-0.1, -0.05) is 41.9 Å². The lowest BCUT2D eigenvalue weighted by Crippen LogP contribution is -2.26. The van der Waals surface area contributed by atoms with Crippen molar-refractivity contribution >= 4 is 39.2 Å². The molecule has 34 heavy (non-hydrogen) atoms. The van der Waals surface area contributed by atoms with E-state index in [0.29, 0.717) is 44.3 Å². The molecule has 5 rings (SSSR count). The van der Waals surface area contributed by atoms with E-state index in [9.17, 15) is 9.59 Å². The Bertz CT molecular complexity index is 1680. The number of aryl methyl sites for hydroxylation is 2. The van der Waals surface area contributed by atoms with E-state index in [1.165, 1.54) is 0 Å². The van der Waals surface area contributed by atoms with Crippen LogP contribution >= 0.6 is 11.6 Å². The Balaban J connectivity index is 1.74. The Morgan fingerprint density at radius 1 is 1.00 bits per heavy atom. The molecular weight excluding hydrogens is 450 g/mol. The lowest BCUT2D eigenvalue weighted by Gasteiger charge is -2.22. The number of para-hydroxylation sites is 1. The highest BCUT2D eigenvalue weighted by Gasteiger charge is 2.20. The number of pyridine rings is 2. The Morgan fingerprint density at radius 3 is 2.53 bits per heavy atom. The van der Waals surface area contributed by atoms with Crippen LogP contribution in [0.4, 0.5) is 5.82 Å². The van der Waals surface area contributed by atoms with E-state index in [-0.39, 0.29) is 17.0 Å². The number of benzene rings is 2. The molecular formula is C26H22ClN5O2. The molecule has 0 fully saturated rings. The summed E-state index contributed by atoms with van der Waals surface area (Å²) in [6.45, 7) is 5.44. The first-order chi connectivity index (χ1) is 16.3. The Hall–Kier alpha value is -3.97. The van der Waals surface area contributed by atoms with Gasteiger partial charge < -0.3 is 10.3 Å². The average Bonchev–Trinajstić information content (AvgIpc) is 2.81. The quantitative estimate of drug-likeness (QED) is 0.382. The van der Waals surface area contributed by atoms with Crippen molar-refractivity contribution < 1.29 is 0 Å². The summed E-state index contributed by atoms with van der Waals surface area (Å²) >= 11 is 6.41.